The summed E-state index contributed by atoms with van der Waals surface area (Å²) in [4.78, 5) is 23.4. The lowest BCUT2D eigenvalue weighted by atomic mass is 10.1. The summed E-state index contributed by atoms with van der Waals surface area (Å²) in [6.07, 6.45) is 2.53. The maximum absolute atomic E-state index is 11.8. The zero-order chi connectivity index (χ0) is 18.4. The van der Waals surface area contributed by atoms with Gasteiger partial charge in [-0.15, -0.1) is 0 Å². The second-order valence-electron chi connectivity index (χ2n) is 7.51. The Morgan fingerprint density at radius 3 is 2.36 bits per heavy atom. The van der Waals surface area contributed by atoms with Crippen LogP contribution in [0.2, 0.25) is 0 Å². The second kappa shape index (κ2) is 8.34. The number of rotatable bonds is 5. The highest BCUT2D eigenvalue weighted by Crippen LogP contribution is 2.20. The number of carbonyl (C=O) groups is 2. The smallest absolute Gasteiger partial charge is 0.407 e. The van der Waals surface area contributed by atoms with Crippen LogP contribution >= 0.6 is 0 Å². The van der Waals surface area contributed by atoms with Crippen molar-refractivity contribution >= 4 is 12.0 Å². The van der Waals surface area contributed by atoms with Crippen LogP contribution in [0.1, 0.15) is 56.0 Å². The van der Waals surface area contributed by atoms with Gasteiger partial charge in [0.1, 0.15) is 5.60 Å². The van der Waals surface area contributed by atoms with Crippen LogP contribution in [0.15, 0.2) is 24.3 Å². The van der Waals surface area contributed by atoms with E-state index in [4.69, 9.17) is 4.74 Å². The fourth-order valence-corrected chi connectivity index (χ4v) is 2.95. The van der Waals surface area contributed by atoms with Gasteiger partial charge in [-0.2, -0.15) is 0 Å². The molecule has 0 radical (unpaired) electrons. The number of nitrogens with one attached hydrogen (secondary N) is 3. The SMILES string of the molecule is CNC(=O)c1ccc(CNC2CCC(NC(=O)OC(C)(C)C)C2)cc1. The van der Waals surface area contributed by atoms with Crippen LogP contribution < -0.4 is 16.0 Å². The Hall–Kier alpha value is -2.08. The van der Waals surface area contributed by atoms with E-state index in [0.717, 1.165) is 31.4 Å². The predicted molar refractivity (Wildman–Crippen MR) is 97.5 cm³/mol. The van der Waals surface area contributed by atoms with Gasteiger partial charge in [0.25, 0.3) is 5.91 Å². The van der Waals surface area contributed by atoms with Crippen molar-refractivity contribution in [1.82, 2.24) is 16.0 Å². The van der Waals surface area contributed by atoms with Crippen molar-refractivity contribution in [3.05, 3.63) is 35.4 Å². The number of amides is 2. The summed E-state index contributed by atoms with van der Waals surface area (Å²) >= 11 is 0. The topological polar surface area (TPSA) is 79.5 Å². The third kappa shape index (κ3) is 6.38. The zero-order valence-corrected chi connectivity index (χ0v) is 15.5. The number of alkyl carbamates (subject to hydrolysis) is 1. The molecule has 0 bridgehead atoms. The van der Waals surface area contributed by atoms with Gasteiger partial charge < -0.3 is 20.7 Å². The summed E-state index contributed by atoms with van der Waals surface area (Å²) in [6.45, 7) is 6.33. The summed E-state index contributed by atoms with van der Waals surface area (Å²) in [5, 5.41) is 9.08. The van der Waals surface area contributed by atoms with Crippen molar-refractivity contribution in [2.24, 2.45) is 0 Å². The molecule has 0 aromatic heterocycles. The van der Waals surface area contributed by atoms with Crippen LogP contribution in [0.3, 0.4) is 0 Å². The largest absolute Gasteiger partial charge is 0.444 e. The Bertz CT molecular complexity index is 593. The van der Waals surface area contributed by atoms with E-state index in [1.165, 1.54) is 0 Å². The Labute approximate surface area is 149 Å². The van der Waals surface area contributed by atoms with Crippen molar-refractivity contribution in [1.29, 1.82) is 0 Å². The van der Waals surface area contributed by atoms with Crippen LogP contribution in [0, 0.1) is 0 Å². The lowest BCUT2D eigenvalue weighted by molar-refractivity contribution is 0.0505. The minimum absolute atomic E-state index is 0.0774. The maximum atomic E-state index is 11.8. The van der Waals surface area contributed by atoms with Gasteiger partial charge in [0.15, 0.2) is 0 Å². The summed E-state index contributed by atoms with van der Waals surface area (Å²) < 4.78 is 5.30. The van der Waals surface area contributed by atoms with E-state index >= 15 is 0 Å². The molecule has 2 unspecified atom stereocenters. The number of ether oxygens (including phenoxy) is 1. The van der Waals surface area contributed by atoms with E-state index in [2.05, 4.69) is 16.0 Å². The van der Waals surface area contributed by atoms with Crippen molar-refractivity contribution < 1.29 is 14.3 Å². The summed E-state index contributed by atoms with van der Waals surface area (Å²) in [6, 6.07) is 8.11. The third-order valence-corrected chi connectivity index (χ3v) is 4.19. The van der Waals surface area contributed by atoms with Gasteiger partial charge in [0, 0.05) is 31.2 Å². The lowest BCUT2D eigenvalue weighted by Gasteiger charge is -2.21. The summed E-state index contributed by atoms with van der Waals surface area (Å²) in [5.74, 6) is -0.0774. The molecule has 2 atom stereocenters. The predicted octanol–water partition coefficient (Wildman–Crippen LogP) is 2.58. The van der Waals surface area contributed by atoms with Crippen LogP contribution in [-0.2, 0) is 11.3 Å². The van der Waals surface area contributed by atoms with Crippen LogP contribution in [0.5, 0.6) is 0 Å². The molecule has 1 fully saturated rings. The van der Waals surface area contributed by atoms with Gasteiger partial charge >= 0.3 is 6.09 Å². The fourth-order valence-electron chi connectivity index (χ4n) is 2.95. The van der Waals surface area contributed by atoms with Gasteiger partial charge in [-0.05, 0) is 57.7 Å². The third-order valence-electron chi connectivity index (χ3n) is 4.19. The molecule has 1 aromatic carbocycles. The molecule has 1 aliphatic carbocycles. The zero-order valence-electron chi connectivity index (χ0n) is 15.5. The molecule has 0 spiro atoms. The molecule has 6 heteroatoms. The van der Waals surface area contributed by atoms with E-state index in [1.807, 2.05) is 45.0 Å². The van der Waals surface area contributed by atoms with E-state index in [-0.39, 0.29) is 18.0 Å². The average Bonchev–Trinajstić information content (AvgIpc) is 2.98. The van der Waals surface area contributed by atoms with Gasteiger partial charge in [0.2, 0.25) is 0 Å². The molecule has 138 valence electrons. The van der Waals surface area contributed by atoms with Gasteiger partial charge in [-0.3, -0.25) is 4.79 Å². The fraction of sp³-hybridized carbons (Fsp3) is 0.579. The molecular formula is C19H29N3O3. The Balaban J connectivity index is 1.74. The molecule has 1 saturated carbocycles. The Kier molecular flexibility index (Phi) is 6.42. The minimum Gasteiger partial charge on any atom is -0.444 e. The van der Waals surface area contributed by atoms with E-state index < -0.39 is 5.60 Å². The molecule has 0 aliphatic heterocycles. The first-order valence-electron chi connectivity index (χ1n) is 8.81. The molecule has 2 amide bonds. The van der Waals surface area contributed by atoms with Crippen molar-refractivity contribution in [3.8, 4) is 0 Å². The molecule has 0 saturated heterocycles. The quantitative estimate of drug-likeness (QED) is 0.765. The molecular weight excluding hydrogens is 318 g/mol. The monoisotopic (exact) mass is 347 g/mol. The molecule has 6 nitrogen and oxygen atoms in total. The number of benzene rings is 1. The first kappa shape index (κ1) is 19.2. The van der Waals surface area contributed by atoms with Crippen LogP contribution in [-0.4, -0.2) is 36.7 Å². The Morgan fingerprint density at radius 2 is 1.76 bits per heavy atom. The highest BCUT2D eigenvalue weighted by Gasteiger charge is 2.27. The first-order valence-corrected chi connectivity index (χ1v) is 8.81. The number of carbonyl (C=O) groups excluding carboxylic acids is 2. The highest BCUT2D eigenvalue weighted by molar-refractivity contribution is 5.93. The standard InChI is InChI=1S/C19H29N3O3/c1-19(2,3)25-18(24)22-16-10-9-15(11-16)21-12-13-5-7-14(8-6-13)17(23)20-4/h5-8,15-16,21H,9-12H2,1-4H3,(H,20,23)(H,22,24). The highest BCUT2D eigenvalue weighted by atomic mass is 16.6. The van der Waals surface area contributed by atoms with Crippen molar-refractivity contribution in [2.75, 3.05) is 7.05 Å². The first-order chi connectivity index (χ1) is 11.8. The van der Waals surface area contributed by atoms with E-state index in [9.17, 15) is 9.59 Å². The van der Waals surface area contributed by atoms with Gasteiger partial charge in [-0.1, -0.05) is 12.1 Å². The average molecular weight is 347 g/mol. The maximum Gasteiger partial charge on any atom is 0.407 e. The normalized spacial score (nSPS) is 20.2. The van der Waals surface area contributed by atoms with E-state index in [1.54, 1.807) is 7.05 Å². The molecule has 1 aromatic rings. The van der Waals surface area contributed by atoms with Gasteiger partial charge in [-0.25, -0.2) is 4.79 Å². The van der Waals surface area contributed by atoms with E-state index in [0.29, 0.717) is 11.6 Å². The lowest BCUT2D eigenvalue weighted by Crippen LogP contribution is -2.38. The molecule has 2 rings (SSSR count). The molecule has 25 heavy (non-hydrogen) atoms. The van der Waals surface area contributed by atoms with Crippen LogP contribution in [0.4, 0.5) is 4.79 Å². The molecule has 0 heterocycles. The summed E-state index contributed by atoms with van der Waals surface area (Å²) in [5.41, 5.74) is 1.33. The Morgan fingerprint density at radius 1 is 1.12 bits per heavy atom. The molecule has 3 N–H and O–H groups in total. The number of hydrogen-bond acceptors (Lipinski definition) is 4. The van der Waals surface area contributed by atoms with Crippen molar-refractivity contribution in [3.63, 3.8) is 0 Å². The van der Waals surface area contributed by atoms with Crippen LogP contribution in [0.25, 0.3) is 0 Å². The van der Waals surface area contributed by atoms with Crippen molar-refractivity contribution in [2.45, 2.75) is 64.3 Å². The second-order valence-corrected chi connectivity index (χ2v) is 7.51. The number of hydrogen-bond donors (Lipinski definition) is 3. The van der Waals surface area contributed by atoms with Gasteiger partial charge in [0.05, 0.1) is 0 Å². The minimum atomic E-state index is -0.471. The molecule has 1 aliphatic rings. The summed E-state index contributed by atoms with van der Waals surface area (Å²) in [7, 11) is 1.62.